The van der Waals surface area contributed by atoms with Crippen LogP contribution < -0.4 is 14.8 Å². The number of thiazole rings is 1. The van der Waals surface area contributed by atoms with E-state index in [1.807, 2.05) is 96.7 Å². The summed E-state index contributed by atoms with van der Waals surface area (Å²) < 4.78 is 9.85. The Morgan fingerprint density at radius 3 is 2.67 bits per heavy atom. The molecule has 0 N–H and O–H groups in total. The Morgan fingerprint density at radius 2 is 1.86 bits per heavy atom. The second-order valence-electron chi connectivity index (χ2n) is 8.42. The second kappa shape index (κ2) is 8.94. The van der Waals surface area contributed by atoms with Crippen molar-refractivity contribution in [2.24, 2.45) is 0 Å². The minimum absolute atomic E-state index is 0.0768. The Kier molecular flexibility index (Phi) is 5.47. The molecule has 0 bridgehead atoms. The summed E-state index contributed by atoms with van der Waals surface area (Å²) >= 11 is 1.39. The van der Waals surface area contributed by atoms with Gasteiger partial charge in [-0.3, -0.25) is 4.79 Å². The zero-order valence-corrected chi connectivity index (χ0v) is 20.4. The van der Waals surface area contributed by atoms with Crippen LogP contribution in [0, 0.1) is 6.92 Å². The Bertz CT molecular complexity index is 1850. The van der Waals surface area contributed by atoms with E-state index < -0.39 is 0 Å². The quantitative estimate of drug-likeness (QED) is 0.302. The standard InChI is InChI=1S/C29H22N4O2S/c1-3-15-35-22-13-14-23(19(2)16-22)27-20(18-32(31-27)21-9-5-4-6-10-21)17-26-28(34)33-25-12-8-7-11-24(25)30-29(33)36-26/h3-14,16-18H,1,15H2,2H3/b26-17+. The highest BCUT2D eigenvalue weighted by molar-refractivity contribution is 7.15. The van der Waals surface area contributed by atoms with Crippen LogP contribution in [0.25, 0.3) is 39.0 Å². The fourth-order valence-electron chi connectivity index (χ4n) is 4.32. The molecular formula is C29H22N4O2S. The molecule has 0 fully saturated rings. The lowest BCUT2D eigenvalue weighted by Crippen LogP contribution is -2.22. The highest BCUT2D eigenvalue weighted by Crippen LogP contribution is 2.30. The molecule has 36 heavy (non-hydrogen) atoms. The zero-order chi connectivity index (χ0) is 24.6. The average molecular weight is 491 g/mol. The molecule has 6 rings (SSSR count). The van der Waals surface area contributed by atoms with E-state index in [4.69, 9.17) is 9.84 Å². The molecule has 6 nitrogen and oxygen atoms in total. The van der Waals surface area contributed by atoms with Crippen molar-refractivity contribution in [2.75, 3.05) is 6.61 Å². The van der Waals surface area contributed by atoms with Gasteiger partial charge in [-0.25, -0.2) is 14.1 Å². The molecule has 3 heterocycles. The normalized spacial score (nSPS) is 12.0. The van der Waals surface area contributed by atoms with Gasteiger partial charge in [0.05, 0.1) is 21.3 Å². The van der Waals surface area contributed by atoms with Crippen molar-refractivity contribution in [3.8, 4) is 22.7 Å². The van der Waals surface area contributed by atoms with E-state index in [0.29, 0.717) is 16.1 Å². The van der Waals surface area contributed by atoms with Crippen LogP contribution in [0.15, 0.2) is 96.4 Å². The maximum Gasteiger partial charge on any atom is 0.274 e. The van der Waals surface area contributed by atoms with E-state index in [1.165, 1.54) is 11.3 Å². The zero-order valence-electron chi connectivity index (χ0n) is 19.6. The molecule has 0 saturated carbocycles. The SMILES string of the molecule is C=CCOc1ccc(-c2nn(-c3ccccc3)cc2/C=c2/sc3nc4ccccc4n3c2=O)c(C)c1. The first-order valence-electron chi connectivity index (χ1n) is 11.5. The molecule has 0 atom stereocenters. The molecule has 6 aromatic rings. The molecule has 7 heteroatoms. The summed E-state index contributed by atoms with van der Waals surface area (Å²) in [4.78, 5) is 18.7. The number of nitrogens with zero attached hydrogens (tertiary/aromatic N) is 4. The molecule has 0 spiro atoms. The topological polar surface area (TPSA) is 61.4 Å². The van der Waals surface area contributed by atoms with Gasteiger partial charge in [0.1, 0.15) is 18.1 Å². The first-order valence-corrected chi connectivity index (χ1v) is 12.4. The van der Waals surface area contributed by atoms with Gasteiger partial charge in [-0.1, -0.05) is 54.3 Å². The fourth-order valence-corrected chi connectivity index (χ4v) is 5.29. The number of rotatable bonds is 6. The summed E-state index contributed by atoms with van der Waals surface area (Å²) in [5, 5.41) is 4.93. The average Bonchev–Trinajstić information content (AvgIpc) is 3.56. The lowest BCUT2D eigenvalue weighted by molar-refractivity contribution is 0.363. The van der Waals surface area contributed by atoms with E-state index >= 15 is 0 Å². The molecule has 3 aromatic carbocycles. The lowest BCUT2D eigenvalue weighted by atomic mass is 10.0. The molecule has 0 unspecified atom stereocenters. The molecule has 0 amide bonds. The molecule has 176 valence electrons. The summed E-state index contributed by atoms with van der Waals surface area (Å²) in [6, 6.07) is 23.6. The molecule has 3 aromatic heterocycles. The Hall–Kier alpha value is -4.49. The summed E-state index contributed by atoms with van der Waals surface area (Å²) in [5.41, 5.74) is 6.15. The summed E-state index contributed by atoms with van der Waals surface area (Å²) in [5.74, 6) is 0.775. The van der Waals surface area contributed by atoms with E-state index in [-0.39, 0.29) is 5.56 Å². The molecule has 0 radical (unpaired) electrons. The molecular weight excluding hydrogens is 468 g/mol. The number of benzene rings is 3. The van der Waals surface area contributed by atoms with Gasteiger partial charge in [0.2, 0.25) is 0 Å². The van der Waals surface area contributed by atoms with Crippen molar-refractivity contribution in [3.05, 3.63) is 118 Å². The van der Waals surface area contributed by atoms with Crippen LogP contribution in [-0.4, -0.2) is 25.8 Å². The van der Waals surface area contributed by atoms with Gasteiger partial charge in [0.25, 0.3) is 5.56 Å². The third-order valence-corrected chi connectivity index (χ3v) is 6.98. The van der Waals surface area contributed by atoms with E-state index in [2.05, 4.69) is 11.6 Å². The Balaban J connectivity index is 1.54. The van der Waals surface area contributed by atoms with Crippen molar-refractivity contribution in [1.29, 1.82) is 0 Å². The lowest BCUT2D eigenvalue weighted by Gasteiger charge is -2.08. The Labute approximate surface area is 211 Å². The van der Waals surface area contributed by atoms with Gasteiger partial charge in [-0.05, 0) is 61.0 Å². The maximum atomic E-state index is 13.4. The van der Waals surface area contributed by atoms with Crippen LogP contribution in [0.5, 0.6) is 5.75 Å². The van der Waals surface area contributed by atoms with Crippen molar-refractivity contribution < 1.29 is 4.74 Å². The van der Waals surface area contributed by atoms with E-state index in [0.717, 1.165) is 44.9 Å². The predicted molar refractivity (Wildman–Crippen MR) is 145 cm³/mol. The molecule has 0 saturated heterocycles. The highest BCUT2D eigenvalue weighted by atomic mass is 32.1. The van der Waals surface area contributed by atoms with Gasteiger partial charge in [-0.15, -0.1) is 0 Å². The van der Waals surface area contributed by atoms with Crippen molar-refractivity contribution in [3.63, 3.8) is 0 Å². The van der Waals surface area contributed by atoms with E-state index in [9.17, 15) is 4.79 Å². The monoisotopic (exact) mass is 490 g/mol. The number of ether oxygens (including phenoxy) is 1. The first kappa shape index (κ1) is 22.0. The first-order chi connectivity index (χ1) is 17.6. The van der Waals surface area contributed by atoms with Crippen LogP contribution in [0.3, 0.4) is 0 Å². The smallest absolute Gasteiger partial charge is 0.274 e. The fraction of sp³-hybridized carbons (Fsp3) is 0.0690. The van der Waals surface area contributed by atoms with Gasteiger partial charge in [0, 0.05) is 17.3 Å². The number of aromatic nitrogens is 4. The summed E-state index contributed by atoms with van der Waals surface area (Å²) in [6.45, 7) is 6.19. The van der Waals surface area contributed by atoms with Gasteiger partial charge in [-0.2, -0.15) is 5.10 Å². The molecule has 0 aliphatic heterocycles. The van der Waals surface area contributed by atoms with Crippen molar-refractivity contribution in [1.82, 2.24) is 19.2 Å². The Morgan fingerprint density at radius 1 is 1.06 bits per heavy atom. The number of aryl methyl sites for hydroxylation is 1. The maximum absolute atomic E-state index is 13.4. The number of hydrogen-bond acceptors (Lipinski definition) is 5. The summed E-state index contributed by atoms with van der Waals surface area (Å²) in [6.07, 6.45) is 5.60. The van der Waals surface area contributed by atoms with Crippen LogP contribution in [0.1, 0.15) is 11.1 Å². The highest BCUT2D eigenvalue weighted by Gasteiger charge is 2.16. The van der Waals surface area contributed by atoms with Crippen LogP contribution in [0.4, 0.5) is 0 Å². The number of para-hydroxylation sites is 3. The molecule has 0 aliphatic carbocycles. The summed E-state index contributed by atoms with van der Waals surface area (Å²) in [7, 11) is 0. The van der Waals surface area contributed by atoms with Crippen LogP contribution >= 0.6 is 11.3 Å². The minimum Gasteiger partial charge on any atom is -0.490 e. The predicted octanol–water partition coefficient (Wildman–Crippen LogP) is 5.18. The number of imidazole rings is 1. The minimum atomic E-state index is -0.0768. The van der Waals surface area contributed by atoms with Crippen LogP contribution in [0.2, 0.25) is 0 Å². The number of fused-ring (bicyclic) bond motifs is 3. The van der Waals surface area contributed by atoms with E-state index in [1.54, 1.807) is 10.5 Å². The van der Waals surface area contributed by atoms with Crippen LogP contribution in [-0.2, 0) is 0 Å². The third-order valence-electron chi connectivity index (χ3n) is 6.02. The van der Waals surface area contributed by atoms with Gasteiger partial charge in [0.15, 0.2) is 4.96 Å². The van der Waals surface area contributed by atoms with Gasteiger partial charge < -0.3 is 4.74 Å². The number of hydrogen-bond donors (Lipinski definition) is 0. The van der Waals surface area contributed by atoms with Gasteiger partial charge >= 0.3 is 0 Å². The second-order valence-corrected chi connectivity index (χ2v) is 9.43. The largest absolute Gasteiger partial charge is 0.490 e. The molecule has 0 aliphatic rings. The van der Waals surface area contributed by atoms with Crippen molar-refractivity contribution in [2.45, 2.75) is 6.92 Å². The van der Waals surface area contributed by atoms with Crippen molar-refractivity contribution >= 4 is 33.4 Å². The third kappa shape index (κ3) is 3.79.